The average molecular weight is 277 g/mol. The minimum absolute atomic E-state index is 0.679. The Bertz CT molecular complexity index is 712. The van der Waals surface area contributed by atoms with Gasteiger partial charge in [-0.2, -0.15) is 0 Å². The van der Waals surface area contributed by atoms with E-state index in [1.165, 1.54) is 0 Å². The number of hydrogen-bond donors (Lipinski definition) is 1. The van der Waals surface area contributed by atoms with Gasteiger partial charge in [-0.15, -0.1) is 0 Å². The standard InChI is InChI=1S/C17H15N3O/c1-21-15-9-7-13(8-10-15)17-18-12-11-16(20-17)19-14-5-3-2-4-6-14/h2-12H,1H3,(H,18,19,20). The van der Waals surface area contributed by atoms with Crippen LogP contribution < -0.4 is 10.1 Å². The Balaban J connectivity index is 1.85. The summed E-state index contributed by atoms with van der Waals surface area (Å²) in [7, 11) is 1.65. The first-order valence-electron chi connectivity index (χ1n) is 6.65. The van der Waals surface area contributed by atoms with Crippen LogP contribution in [0.4, 0.5) is 11.5 Å². The van der Waals surface area contributed by atoms with Crippen molar-refractivity contribution in [2.75, 3.05) is 12.4 Å². The van der Waals surface area contributed by atoms with E-state index in [1.807, 2.05) is 60.7 Å². The lowest BCUT2D eigenvalue weighted by Crippen LogP contribution is -1.96. The quantitative estimate of drug-likeness (QED) is 0.785. The second-order valence-electron chi connectivity index (χ2n) is 4.49. The Kier molecular flexibility index (Phi) is 3.78. The molecule has 0 saturated carbocycles. The van der Waals surface area contributed by atoms with Gasteiger partial charge in [-0.25, -0.2) is 9.97 Å². The highest BCUT2D eigenvalue weighted by molar-refractivity contribution is 5.61. The van der Waals surface area contributed by atoms with Crippen LogP contribution in [0.3, 0.4) is 0 Å². The molecule has 0 aliphatic carbocycles. The fraction of sp³-hybridized carbons (Fsp3) is 0.0588. The van der Waals surface area contributed by atoms with E-state index in [2.05, 4.69) is 15.3 Å². The molecule has 0 amide bonds. The third-order valence-corrected chi connectivity index (χ3v) is 3.05. The molecule has 0 bridgehead atoms. The summed E-state index contributed by atoms with van der Waals surface area (Å²) in [6.07, 6.45) is 1.75. The van der Waals surface area contributed by atoms with Gasteiger partial charge in [-0.3, -0.25) is 0 Å². The summed E-state index contributed by atoms with van der Waals surface area (Å²) < 4.78 is 5.15. The summed E-state index contributed by atoms with van der Waals surface area (Å²) in [5.74, 6) is 2.26. The predicted octanol–water partition coefficient (Wildman–Crippen LogP) is 3.90. The summed E-state index contributed by atoms with van der Waals surface area (Å²) >= 11 is 0. The first kappa shape index (κ1) is 13.1. The highest BCUT2D eigenvalue weighted by Crippen LogP contribution is 2.21. The Hall–Kier alpha value is -2.88. The zero-order valence-electron chi connectivity index (χ0n) is 11.7. The maximum absolute atomic E-state index is 5.15. The number of rotatable bonds is 4. The van der Waals surface area contributed by atoms with Crippen LogP contribution >= 0.6 is 0 Å². The lowest BCUT2D eigenvalue weighted by atomic mass is 10.2. The largest absolute Gasteiger partial charge is 0.497 e. The van der Waals surface area contributed by atoms with E-state index in [0.717, 1.165) is 22.8 Å². The number of anilines is 2. The van der Waals surface area contributed by atoms with Crippen molar-refractivity contribution in [2.45, 2.75) is 0 Å². The van der Waals surface area contributed by atoms with Crippen LogP contribution in [0.5, 0.6) is 5.75 Å². The topological polar surface area (TPSA) is 47.0 Å². The lowest BCUT2D eigenvalue weighted by molar-refractivity contribution is 0.415. The fourth-order valence-corrected chi connectivity index (χ4v) is 1.98. The third-order valence-electron chi connectivity index (χ3n) is 3.05. The molecule has 0 atom stereocenters. The van der Waals surface area contributed by atoms with Crippen LogP contribution in [0.15, 0.2) is 66.9 Å². The molecule has 104 valence electrons. The van der Waals surface area contributed by atoms with E-state index in [-0.39, 0.29) is 0 Å². The van der Waals surface area contributed by atoms with E-state index < -0.39 is 0 Å². The average Bonchev–Trinajstić information content (AvgIpc) is 2.56. The Morgan fingerprint density at radius 3 is 2.38 bits per heavy atom. The zero-order valence-corrected chi connectivity index (χ0v) is 11.7. The molecule has 1 aromatic heterocycles. The minimum Gasteiger partial charge on any atom is -0.497 e. The second kappa shape index (κ2) is 6.05. The summed E-state index contributed by atoms with van der Waals surface area (Å²) in [4.78, 5) is 8.85. The number of nitrogens with zero attached hydrogens (tertiary/aromatic N) is 2. The van der Waals surface area contributed by atoms with E-state index >= 15 is 0 Å². The number of hydrogen-bond acceptors (Lipinski definition) is 4. The molecule has 0 unspecified atom stereocenters. The SMILES string of the molecule is COc1ccc(-c2nccc(Nc3ccccc3)n2)cc1. The molecule has 3 rings (SSSR count). The molecule has 0 aliphatic rings. The Morgan fingerprint density at radius 1 is 0.905 bits per heavy atom. The monoisotopic (exact) mass is 277 g/mol. The van der Waals surface area contributed by atoms with Crippen LogP contribution in [0.1, 0.15) is 0 Å². The van der Waals surface area contributed by atoms with Gasteiger partial charge >= 0.3 is 0 Å². The van der Waals surface area contributed by atoms with Crippen molar-refractivity contribution in [3.63, 3.8) is 0 Å². The highest BCUT2D eigenvalue weighted by Gasteiger charge is 2.03. The summed E-state index contributed by atoms with van der Waals surface area (Å²) in [6.45, 7) is 0. The molecule has 2 aromatic carbocycles. The third kappa shape index (κ3) is 3.17. The molecule has 0 aliphatic heterocycles. The van der Waals surface area contributed by atoms with Crippen molar-refractivity contribution in [3.05, 3.63) is 66.9 Å². The van der Waals surface area contributed by atoms with Crippen molar-refractivity contribution in [2.24, 2.45) is 0 Å². The van der Waals surface area contributed by atoms with Crippen LogP contribution in [-0.2, 0) is 0 Å². The van der Waals surface area contributed by atoms with Crippen LogP contribution in [0.2, 0.25) is 0 Å². The van der Waals surface area contributed by atoms with Crippen molar-refractivity contribution in [1.29, 1.82) is 0 Å². The van der Waals surface area contributed by atoms with Crippen LogP contribution in [-0.4, -0.2) is 17.1 Å². The maximum Gasteiger partial charge on any atom is 0.161 e. The molecular weight excluding hydrogens is 262 g/mol. The van der Waals surface area contributed by atoms with Gasteiger partial charge in [0.2, 0.25) is 0 Å². The van der Waals surface area contributed by atoms with E-state index in [9.17, 15) is 0 Å². The van der Waals surface area contributed by atoms with Gasteiger partial charge in [0.1, 0.15) is 11.6 Å². The maximum atomic E-state index is 5.15. The number of aromatic nitrogens is 2. The van der Waals surface area contributed by atoms with Gasteiger partial charge < -0.3 is 10.1 Å². The molecule has 1 N–H and O–H groups in total. The summed E-state index contributed by atoms with van der Waals surface area (Å²) in [5.41, 5.74) is 1.95. The number of methoxy groups -OCH3 is 1. The highest BCUT2D eigenvalue weighted by atomic mass is 16.5. The smallest absolute Gasteiger partial charge is 0.161 e. The molecule has 4 nitrogen and oxygen atoms in total. The van der Waals surface area contributed by atoms with Gasteiger partial charge in [0.25, 0.3) is 0 Å². The molecule has 1 heterocycles. The van der Waals surface area contributed by atoms with Gasteiger partial charge in [0.15, 0.2) is 5.82 Å². The van der Waals surface area contributed by atoms with E-state index in [4.69, 9.17) is 4.74 Å². The van der Waals surface area contributed by atoms with Crippen molar-refractivity contribution >= 4 is 11.5 Å². The predicted molar refractivity (Wildman–Crippen MR) is 83.7 cm³/mol. The van der Waals surface area contributed by atoms with Crippen molar-refractivity contribution in [1.82, 2.24) is 9.97 Å². The van der Waals surface area contributed by atoms with Crippen LogP contribution in [0.25, 0.3) is 11.4 Å². The fourth-order valence-electron chi connectivity index (χ4n) is 1.98. The van der Waals surface area contributed by atoms with Crippen molar-refractivity contribution < 1.29 is 4.74 Å². The lowest BCUT2D eigenvalue weighted by Gasteiger charge is -2.07. The molecule has 0 saturated heterocycles. The van der Waals surface area contributed by atoms with Crippen LogP contribution in [0, 0.1) is 0 Å². The molecule has 3 aromatic rings. The summed E-state index contributed by atoms with van der Waals surface area (Å²) in [6, 6.07) is 19.5. The first-order valence-corrected chi connectivity index (χ1v) is 6.65. The second-order valence-corrected chi connectivity index (χ2v) is 4.49. The number of benzene rings is 2. The Labute approximate surface area is 123 Å². The first-order chi connectivity index (χ1) is 10.3. The molecule has 21 heavy (non-hydrogen) atoms. The van der Waals surface area contributed by atoms with Crippen molar-refractivity contribution in [3.8, 4) is 17.1 Å². The van der Waals surface area contributed by atoms with Gasteiger partial charge in [0, 0.05) is 17.4 Å². The zero-order chi connectivity index (χ0) is 14.5. The molecule has 4 heteroatoms. The summed E-state index contributed by atoms with van der Waals surface area (Å²) in [5, 5.41) is 3.26. The van der Waals surface area contributed by atoms with Gasteiger partial charge in [-0.05, 0) is 42.5 Å². The van der Waals surface area contributed by atoms with E-state index in [0.29, 0.717) is 5.82 Å². The number of ether oxygens (including phenoxy) is 1. The number of para-hydroxylation sites is 1. The normalized spacial score (nSPS) is 10.1. The molecule has 0 fully saturated rings. The molecule has 0 spiro atoms. The van der Waals surface area contributed by atoms with Gasteiger partial charge in [0.05, 0.1) is 7.11 Å². The minimum atomic E-state index is 0.679. The van der Waals surface area contributed by atoms with Gasteiger partial charge in [-0.1, -0.05) is 18.2 Å². The van der Waals surface area contributed by atoms with E-state index in [1.54, 1.807) is 13.3 Å². The number of nitrogens with one attached hydrogen (secondary N) is 1. The molecular formula is C17H15N3O. The molecule has 0 radical (unpaired) electrons. The Morgan fingerprint density at radius 2 is 1.67 bits per heavy atom.